The first-order chi connectivity index (χ1) is 6.79. The third kappa shape index (κ3) is 1.57. The van der Waals surface area contributed by atoms with E-state index in [0.717, 1.165) is 11.1 Å². The molecule has 2 rings (SSSR count). The molecule has 0 unspecified atom stereocenters. The Labute approximate surface area is 79.6 Å². The van der Waals surface area contributed by atoms with Crippen LogP contribution in [0, 0.1) is 0 Å². The molecule has 14 heavy (non-hydrogen) atoms. The van der Waals surface area contributed by atoms with E-state index in [1.807, 2.05) is 18.2 Å². The molecule has 72 valence electrons. The number of aromatic amines is 1. The van der Waals surface area contributed by atoms with Gasteiger partial charge < -0.3 is 10.2 Å². The van der Waals surface area contributed by atoms with E-state index < -0.39 is 5.76 Å². The second-order valence-corrected chi connectivity index (χ2v) is 2.82. The van der Waals surface area contributed by atoms with Crippen LogP contribution in [0.3, 0.4) is 0 Å². The smallest absolute Gasteiger partial charge is 0.388 e. The van der Waals surface area contributed by atoms with Crippen LogP contribution in [0.15, 0.2) is 33.5 Å². The van der Waals surface area contributed by atoms with E-state index in [2.05, 4.69) is 10.2 Å². The molecular weight excluding hydrogens is 182 g/mol. The summed E-state index contributed by atoms with van der Waals surface area (Å²) in [5.74, 6) is -0.275. The molecule has 0 aliphatic rings. The highest BCUT2D eigenvalue weighted by atomic mass is 16.4. The lowest BCUT2D eigenvalue weighted by molar-refractivity contribution is 0.527. The maximum absolute atomic E-state index is 10.7. The second-order valence-electron chi connectivity index (χ2n) is 2.82. The number of rotatable bonds is 2. The molecule has 1 aromatic heterocycles. The van der Waals surface area contributed by atoms with Crippen LogP contribution in [-0.4, -0.2) is 10.2 Å². The molecule has 2 aromatic rings. The van der Waals surface area contributed by atoms with Gasteiger partial charge in [0.25, 0.3) is 0 Å². The quantitative estimate of drug-likeness (QED) is 0.723. The van der Waals surface area contributed by atoms with E-state index >= 15 is 0 Å². The van der Waals surface area contributed by atoms with Gasteiger partial charge in [-0.25, -0.2) is 9.89 Å². The summed E-state index contributed by atoms with van der Waals surface area (Å²) in [5, 5.41) is 5.92. The van der Waals surface area contributed by atoms with Gasteiger partial charge >= 0.3 is 5.76 Å². The average Bonchev–Trinajstić information content (AvgIpc) is 2.65. The molecule has 3 N–H and O–H groups in total. The van der Waals surface area contributed by atoms with Crippen LogP contribution in [0.4, 0.5) is 0 Å². The first-order valence-corrected chi connectivity index (χ1v) is 4.14. The molecule has 0 bridgehead atoms. The fraction of sp³-hybridized carbons (Fsp3) is 0.111. The number of hydrogen-bond donors (Lipinski definition) is 2. The van der Waals surface area contributed by atoms with Gasteiger partial charge in [-0.15, -0.1) is 5.10 Å². The van der Waals surface area contributed by atoms with Gasteiger partial charge in [0.05, 0.1) is 0 Å². The molecule has 1 heterocycles. The summed E-state index contributed by atoms with van der Waals surface area (Å²) in [5.41, 5.74) is 7.19. The summed E-state index contributed by atoms with van der Waals surface area (Å²) < 4.78 is 4.81. The number of benzene rings is 1. The van der Waals surface area contributed by atoms with Crippen molar-refractivity contribution in [3.05, 3.63) is 40.4 Å². The highest BCUT2D eigenvalue weighted by molar-refractivity contribution is 5.53. The van der Waals surface area contributed by atoms with Crippen molar-refractivity contribution < 1.29 is 4.42 Å². The van der Waals surface area contributed by atoms with Crippen LogP contribution in [-0.2, 0) is 6.54 Å². The van der Waals surface area contributed by atoms with Crippen molar-refractivity contribution in [1.82, 2.24) is 10.2 Å². The Morgan fingerprint density at radius 3 is 3.00 bits per heavy atom. The van der Waals surface area contributed by atoms with Gasteiger partial charge in [-0.05, 0) is 17.7 Å². The molecule has 0 fully saturated rings. The third-order valence-corrected chi connectivity index (χ3v) is 1.85. The minimum atomic E-state index is -0.557. The van der Waals surface area contributed by atoms with Crippen LogP contribution in [0.25, 0.3) is 11.5 Å². The Hall–Kier alpha value is -1.88. The van der Waals surface area contributed by atoms with Crippen molar-refractivity contribution in [2.75, 3.05) is 0 Å². The Balaban J connectivity index is 2.46. The zero-order chi connectivity index (χ0) is 9.97. The van der Waals surface area contributed by atoms with Gasteiger partial charge in [0.1, 0.15) is 0 Å². The standard InChI is InChI=1S/C9H9N3O2/c10-5-6-2-1-3-7(4-6)8-11-12-9(13)14-8/h1-4H,5,10H2,(H,12,13). The lowest BCUT2D eigenvalue weighted by atomic mass is 10.1. The fourth-order valence-electron chi connectivity index (χ4n) is 1.18. The number of nitrogens with one attached hydrogen (secondary N) is 1. The summed E-state index contributed by atoms with van der Waals surface area (Å²) in [6, 6.07) is 7.37. The summed E-state index contributed by atoms with van der Waals surface area (Å²) >= 11 is 0. The molecule has 1 aromatic carbocycles. The van der Waals surface area contributed by atoms with E-state index in [1.165, 1.54) is 0 Å². The minimum Gasteiger partial charge on any atom is -0.388 e. The van der Waals surface area contributed by atoms with E-state index in [0.29, 0.717) is 6.54 Å². The summed E-state index contributed by atoms with van der Waals surface area (Å²) in [7, 11) is 0. The third-order valence-electron chi connectivity index (χ3n) is 1.85. The molecule has 0 spiro atoms. The second kappa shape index (κ2) is 3.47. The van der Waals surface area contributed by atoms with Gasteiger partial charge in [0, 0.05) is 12.1 Å². The minimum absolute atomic E-state index is 0.283. The molecule has 0 atom stereocenters. The molecule has 0 amide bonds. The van der Waals surface area contributed by atoms with Crippen LogP contribution in [0.2, 0.25) is 0 Å². The van der Waals surface area contributed by atoms with E-state index in [-0.39, 0.29) is 5.89 Å². The lowest BCUT2D eigenvalue weighted by Gasteiger charge is -1.97. The zero-order valence-corrected chi connectivity index (χ0v) is 7.36. The molecule has 5 nitrogen and oxygen atoms in total. The Morgan fingerprint density at radius 1 is 1.50 bits per heavy atom. The van der Waals surface area contributed by atoms with Crippen LogP contribution in [0.5, 0.6) is 0 Å². The Bertz CT molecular complexity index is 487. The first kappa shape index (κ1) is 8.71. The van der Waals surface area contributed by atoms with E-state index in [1.54, 1.807) is 6.07 Å². The van der Waals surface area contributed by atoms with Crippen LogP contribution in [0.1, 0.15) is 5.56 Å². The molecule has 0 radical (unpaired) electrons. The van der Waals surface area contributed by atoms with Crippen molar-refractivity contribution in [2.45, 2.75) is 6.54 Å². The lowest BCUT2D eigenvalue weighted by Crippen LogP contribution is -1.95. The molecular formula is C9H9N3O2. The predicted octanol–water partition coefficient (Wildman–Crippen LogP) is 0.489. The average molecular weight is 191 g/mol. The number of nitrogens with zero attached hydrogens (tertiary/aromatic N) is 1. The van der Waals surface area contributed by atoms with Crippen molar-refractivity contribution in [3.63, 3.8) is 0 Å². The summed E-state index contributed by atoms with van der Waals surface area (Å²) in [6.45, 7) is 0.447. The number of H-pyrrole nitrogens is 1. The zero-order valence-electron chi connectivity index (χ0n) is 7.36. The van der Waals surface area contributed by atoms with Crippen LogP contribution >= 0.6 is 0 Å². The Kier molecular flexibility index (Phi) is 2.16. The van der Waals surface area contributed by atoms with Crippen molar-refractivity contribution in [2.24, 2.45) is 5.73 Å². The summed E-state index contributed by atoms with van der Waals surface area (Å²) in [4.78, 5) is 10.7. The van der Waals surface area contributed by atoms with Crippen molar-refractivity contribution in [1.29, 1.82) is 0 Å². The monoisotopic (exact) mass is 191 g/mol. The van der Waals surface area contributed by atoms with Crippen molar-refractivity contribution >= 4 is 0 Å². The van der Waals surface area contributed by atoms with Crippen LogP contribution < -0.4 is 11.5 Å². The Morgan fingerprint density at radius 2 is 2.36 bits per heavy atom. The molecule has 0 saturated carbocycles. The maximum Gasteiger partial charge on any atom is 0.434 e. The maximum atomic E-state index is 10.7. The predicted molar refractivity (Wildman–Crippen MR) is 50.5 cm³/mol. The topological polar surface area (TPSA) is 84.9 Å². The first-order valence-electron chi connectivity index (χ1n) is 4.14. The number of hydrogen-bond acceptors (Lipinski definition) is 4. The number of aromatic nitrogens is 2. The van der Waals surface area contributed by atoms with Crippen molar-refractivity contribution in [3.8, 4) is 11.5 Å². The highest BCUT2D eigenvalue weighted by Crippen LogP contribution is 2.15. The number of nitrogens with two attached hydrogens (primary N) is 1. The van der Waals surface area contributed by atoms with Gasteiger partial charge in [0.2, 0.25) is 5.89 Å². The molecule has 5 heteroatoms. The van der Waals surface area contributed by atoms with Gasteiger partial charge in [0.15, 0.2) is 0 Å². The normalized spacial score (nSPS) is 10.4. The highest BCUT2D eigenvalue weighted by Gasteiger charge is 2.04. The largest absolute Gasteiger partial charge is 0.434 e. The fourth-order valence-corrected chi connectivity index (χ4v) is 1.18. The van der Waals surface area contributed by atoms with Gasteiger partial charge in [-0.2, -0.15) is 0 Å². The SMILES string of the molecule is NCc1cccc(-c2n[nH]c(=O)o2)c1. The molecule has 0 saturated heterocycles. The molecule has 0 aliphatic heterocycles. The molecule has 0 aliphatic carbocycles. The van der Waals surface area contributed by atoms with Gasteiger partial charge in [-0.3, -0.25) is 0 Å². The van der Waals surface area contributed by atoms with E-state index in [4.69, 9.17) is 10.2 Å². The summed E-state index contributed by atoms with van der Waals surface area (Å²) in [6.07, 6.45) is 0. The van der Waals surface area contributed by atoms with Gasteiger partial charge in [-0.1, -0.05) is 12.1 Å². The van der Waals surface area contributed by atoms with E-state index in [9.17, 15) is 4.79 Å².